The fraction of sp³-hybridized carbons (Fsp3) is 0.0667. The molecule has 1 N–H and O–H groups in total. The molecule has 20 heavy (non-hydrogen) atoms. The van der Waals surface area contributed by atoms with E-state index in [1.54, 1.807) is 30.3 Å². The van der Waals surface area contributed by atoms with Gasteiger partial charge in [0.05, 0.1) is 5.69 Å². The maximum Gasteiger partial charge on any atom is 0.258 e. The Morgan fingerprint density at radius 2 is 1.75 bits per heavy atom. The lowest BCUT2D eigenvalue weighted by Crippen LogP contribution is -2.46. The first-order valence-corrected chi connectivity index (χ1v) is 6.31. The van der Waals surface area contributed by atoms with Crippen LogP contribution in [0.3, 0.4) is 0 Å². The van der Waals surface area contributed by atoms with Crippen LogP contribution in [0.1, 0.15) is 15.9 Å². The van der Waals surface area contributed by atoms with Crippen LogP contribution in [0.4, 0.5) is 10.1 Å². The average Bonchev–Trinajstić information content (AvgIpc) is 2.47. The first-order chi connectivity index (χ1) is 9.53. The Balaban J connectivity index is 2.20. The Bertz CT molecular complexity index is 717. The van der Waals surface area contributed by atoms with Crippen LogP contribution in [0.5, 0.6) is 0 Å². The number of carbonyl (C=O) groups excluding carboxylic acids is 2. The van der Waals surface area contributed by atoms with Crippen molar-refractivity contribution in [2.45, 2.75) is 4.87 Å². The molecule has 0 fully saturated rings. The summed E-state index contributed by atoms with van der Waals surface area (Å²) < 4.78 is 13.3. The van der Waals surface area contributed by atoms with E-state index in [1.807, 2.05) is 0 Å². The van der Waals surface area contributed by atoms with Crippen LogP contribution < -0.4 is 5.32 Å². The molecule has 0 saturated carbocycles. The van der Waals surface area contributed by atoms with Crippen molar-refractivity contribution < 1.29 is 14.0 Å². The third-order valence-corrected chi connectivity index (χ3v) is 3.83. The Morgan fingerprint density at radius 1 is 1.05 bits per heavy atom. The van der Waals surface area contributed by atoms with Crippen molar-refractivity contribution in [3.8, 4) is 0 Å². The maximum atomic E-state index is 13.3. The average molecular weight is 290 g/mol. The van der Waals surface area contributed by atoms with E-state index in [1.165, 1.54) is 12.1 Å². The standard InChI is InChI=1S/C15H9ClFNO2/c16-15(9-4-2-1-3-5-9)13(19)11-8-10(17)6-7-12(11)18-14(15)20/h1-8H,(H,18,20). The zero-order valence-electron chi connectivity index (χ0n) is 10.2. The fourth-order valence-electron chi connectivity index (χ4n) is 2.24. The van der Waals surface area contributed by atoms with Gasteiger partial charge < -0.3 is 5.32 Å². The van der Waals surface area contributed by atoms with Gasteiger partial charge in [-0.2, -0.15) is 0 Å². The summed E-state index contributed by atoms with van der Waals surface area (Å²) in [6, 6.07) is 11.9. The monoisotopic (exact) mass is 289 g/mol. The van der Waals surface area contributed by atoms with E-state index < -0.39 is 22.4 Å². The minimum absolute atomic E-state index is 0.0726. The van der Waals surface area contributed by atoms with Crippen molar-refractivity contribution in [2.75, 3.05) is 5.32 Å². The topological polar surface area (TPSA) is 46.2 Å². The van der Waals surface area contributed by atoms with E-state index in [-0.39, 0.29) is 11.3 Å². The molecule has 1 aliphatic heterocycles. The molecule has 0 aromatic heterocycles. The van der Waals surface area contributed by atoms with Crippen molar-refractivity contribution in [3.05, 3.63) is 65.5 Å². The number of hydrogen-bond acceptors (Lipinski definition) is 2. The second-order valence-electron chi connectivity index (χ2n) is 4.50. The lowest BCUT2D eigenvalue weighted by Gasteiger charge is -2.30. The summed E-state index contributed by atoms with van der Waals surface area (Å²) in [6.07, 6.45) is 0. The SMILES string of the molecule is O=C1Nc2ccc(F)cc2C(=O)C1(Cl)c1ccccc1. The Kier molecular flexibility index (Phi) is 2.83. The molecule has 5 heteroatoms. The zero-order valence-corrected chi connectivity index (χ0v) is 10.9. The Labute approximate surface area is 119 Å². The normalized spacial score (nSPS) is 21.3. The molecule has 3 rings (SSSR count). The predicted molar refractivity (Wildman–Crippen MR) is 73.3 cm³/mol. The molecule has 1 aliphatic rings. The molecule has 0 aliphatic carbocycles. The van der Waals surface area contributed by atoms with Gasteiger partial charge >= 0.3 is 0 Å². The summed E-state index contributed by atoms with van der Waals surface area (Å²) in [5.74, 6) is -1.81. The van der Waals surface area contributed by atoms with Crippen molar-refractivity contribution in [1.82, 2.24) is 0 Å². The lowest BCUT2D eigenvalue weighted by molar-refractivity contribution is -0.117. The number of rotatable bonds is 1. The number of amides is 1. The van der Waals surface area contributed by atoms with Gasteiger partial charge in [-0.3, -0.25) is 9.59 Å². The molecule has 1 unspecified atom stereocenters. The third-order valence-electron chi connectivity index (χ3n) is 3.27. The fourth-order valence-corrected chi connectivity index (χ4v) is 2.52. The summed E-state index contributed by atoms with van der Waals surface area (Å²) >= 11 is 6.30. The summed E-state index contributed by atoms with van der Waals surface area (Å²) in [5.41, 5.74) is 0.705. The predicted octanol–water partition coefficient (Wildman–Crippen LogP) is 3.09. The van der Waals surface area contributed by atoms with Gasteiger partial charge in [0.2, 0.25) is 4.87 Å². The Morgan fingerprint density at radius 3 is 2.45 bits per heavy atom. The number of ketones is 1. The number of halogens is 2. The van der Waals surface area contributed by atoms with Crippen LogP contribution in [0.15, 0.2) is 48.5 Å². The lowest BCUT2D eigenvalue weighted by atomic mass is 9.85. The summed E-state index contributed by atoms with van der Waals surface area (Å²) in [7, 11) is 0. The van der Waals surface area contributed by atoms with Crippen LogP contribution in [-0.2, 0) is 9.67 Å². The number of alkyl halides is 1. The molecule has 3 nitrogen and oxygen atoms in total. The van der Waals surface area contributed by atoms with Crippen molar-refractivity contribution >= 4 is 29.0 Å². The van der Waals surface area contributed by atoms with Crippen molar-refractivity contribution in [3.63, 3.8) is 0 Å². The van der Waals surface area contributed by atoms with E-state index in [4.69, 9.17) is 11.6 Å². The quantitative estimate of drug-likeness (QED) is 0.648. The number of Topliss-reactive ketones (excluding diaryl/α,β-unsaturated/α-hetero) is 1. The van der Waals surface area contributed by atoms with E-state index in [0.717, 1.165) is 6.07 Å². The third kappa shape index (κ3) is 1.72. The molecule has 1 amide bonds. The van der Waals surface area contributed by atoms with Crippen molar-refractivity contribution in [1.29, 1.82) is 0 Å². The van der Waals surface area contributed by atoms with E-state index in [0.29, 0.717) is 5.56 Å². The number of benzene rings is 2. The zero-order chi connectivity index (χ0) is 14.3. The van der Waals surface area contributed by atoms with E-state index >= 15 is 0 Å². The van der Waals surface area contributed by atoms with Crippen molar-refractivity contribution in [2.24, 2.45) is 0 Å². The molecule has 2 aromatic rings. The van der Waals surface area contributed by atoms with Gasteiger partial charge in [0, 0.05) is 5.56 Å². The number of fused-ring (bicyclic) bond motifs is 1. The minimum Gasteiger partial charge on any atom is -0.323 e. The smallest absolute Gasteiger partial charge is 0.258 e. The van der Waals surface area contributed by atoms with Gasteiger partial charge in [0.15, 0.2) is 5.78 Å². The van der Waals surface area contributed by atoms with Crippen LogP contribution in [0.2, 0.25) is 0 Å². The van der Waals surface area contributed by atoms with Gasteiger partial charge in [-0.15, -0.1) is 0 Å². The highest BCUT2D eigenvalue weighted by molar-refractivity contribution is 6.51. The molecular formula is C15H9ClFNO2. The number of carbonyl (C=O) groups is 2. The highest BCUT2D eigenvalue weighted by atomic mass is 35.5. The molecule has 1 heterocycles. The van der Waals surface area contributed by atoms with Gasteiger partial charge in [0.25, 0.3) is 5.91 Å². The van der Waals surface area contributed by atoms with Gasteiger partial charge in [-0.1, -0.05) is 41.9 Å². The second-order valence-corrected chi connectivity index (χ2v) is 5.06. The second kappa shape index (κ2) is 4.42. The summed E-state index contributed by atoms with van der Waals surface area (Å²) in [6.45, 7) is 0. The van der Waals surface area contributed by atoms with Gasteiger partial charge in [0.1, 0.15) is 5.82 Å². The first kappa shape index (κ1) is 12.8. The highest BCUT2D eigenvalue weighted by Crippen LogP contribution is 2.40. The molecule has 2 aromatic carbocycles. The van der Waals surface area contributed by atoms with Crippen LogP contribution in [-0.4, -0.2) is 11.7 Å². The largest absolute Gasteiger partial charge is 0.323 e. The van der Waals surface area contributed by atoms with E-state index in [9.17, 15) is 14.0 Å². The molecule has 0 saturated heterocycles. The summed E-state index contributed by atoms with van der Waals surface area (Å²) in [5, 5.41) is 2.55. The first-order valence-electron chi connectivity index (χ1n) is 5.93. The highest BCUT2D eigenvalue weighted by Gasteiger charge is 2.49. The number of hydrogen-bond donors (Lipinski definition) is 1. The van der Waals surface area contributed by atoms with Crippen LogP contribution in [0.25, 0.3) is 0 Å². The van der Waals surface area contributed by atoms with Crippen LogP contribution >= 0.6 is 11.6 Å². The Hall–Kier alpha value is -2.20. The molecule has 100 valence electrons. The maximum absolute atomic E-state index is 13.3. The molecule has 0 radical (unpaired) electrons. The van der Waals surface area contributed by atoms with Crippen LogP contribution in [0, 0.1) is 5.82 Å². The number of anilines is 1. The minimum atomic E-state index is -1.86. The van der Waals surface area contributed by atoms with Gasteiger partial charge in [-0.05, 0) is 23.8 Å². The molecule has 0 bridgehead atoms. The van der Waals surface area contributed by atoms with Gasteiger partial charge in [-0.25, -0.2) is 4.39 Å². The number of nitrogens with one attached hydrogen (secondary N) is 1. The molecule has 1 atom stereocenters. The molecular weight excluding hydrogens is 281 g/mol. The van der Waals surface area contributed by atoms with E-state index in [2.05, 4.69) is 5.32 Å². The summed E-state index contributed by atoms with van der Waals surface area (Å²) in [4.78, 5) is 22.9. The molecule has 0 spiro atoms.